The molecular weight excluding hydrogens is 272 g/mol. The summed E-state index contributed by atoms with van der Waals surface area (Å²) in [6.45, 7) is 2.51. The van der Waals surface area contributed by atoms with Gasteiger partial charge in [-0.05, 0) is 6.92 Å². The van der Waals surface area contributed by atoms with Crippen LogP contribution in [0.3, 0.4) is 0 Å². The van der Waals surface area contributed by atoms with Gasteiger partial charge < -0.3 is 15.4 Å². The lowest BCUT2D eigenvalue weighted by Gasteiger charge is -2.38. The Balaban J connectivity index is 2.01. The zero-order chi connectivity index (χ0) is 14.0. The molecule has 0 aromatic carbocycles. The highest BCUT2D eigenvalue weighted by Gasteiger charge is 2.39. The minimum atomic E-state index is -1.13. The fraction of sp³-hybridized carbons (Fsp3) is 0.545. The normalized spacial score (nSPS) is 23.4. The van der Waals surface area contributed by atoms with Crippen LogP contribution < -0.4 is 5.73 Å². The minimum absolute atomic E-state index is 0.0710. The van der Waals surface area contributed by atoms with Crippen LogP contribution in [0.15, 0.2) is 12.4 Å². The molecule has 0 spiro atoms. The van der Waals surface area contributed by atoms with Crippen molar-refractivity contribution in [3.8, 4) is 0 Å². The number of carbonyl (C=O) groups is 2. The Bertz CT molecular complexity index is 504. The molecule has 2 amide bonds. The van der Waals surface area contributed by atoms with Crippen LogP contribution in [0.4, 0.5) is 0 Å². The van der Waals surface area contributed by atoms with Gasteiger partial charge >= 0.3 is 0 Å². The lowest BCUT2D eigenvalue weighted by atomic mass is 10.0. The first-order valence-electron chi connectivity index (χ1n) is 5.80. The zero-order valence-corrected chi connectivity index (χ0v) is 11.3. The van der Waals surface area contributed by atoms with Crippen molar-refractivity contribution >= 4 is 23.4 Å². The summed E-state index contributed by atoms with van der Waals surface area (Å²) in [5.74, 6) is -0.734. The van der Waals surface area contributed by atoms with Gasteiger partial charge in [-0.2, -0.15) is 5.10 Å². The third-order valence-electron chi connectivity index (χ3n) is 3.05. The number of hydrogen-bond donors (Lipinski definition) is 1. The largest absolute Gasteiger partial charge is 0.367 e. The van der Waals surface area contributed by atoms with E-state index < -0.39 is 11.5 Å². The monoisotopic (exact) mass is 286 g/mol. The van der Waals surface area contributed by atoms with Crippen LogP contribution in [0.5, 0.6) is 0 Å². The summed E-state index contributed by atoms with van der Waals surface area (Å²) in [4.78, 5) is 25.0. The fourth-order valence-electron chi connectivity index (χ4n) is 1.90. The van der Waals surface area contributed by atoms with Gasteiger partial charge in [0.15, 0.2) is 5.60 Å². The highest BCUT2D eigenvalue weighted by molar-refractivity contribution is 6.30. The van der Waals surface area contributed by atoms with Gasteiger partial charge in [-0.25, -0.2) is 0 Å². The number of morpholine rings is 1. The molecule has 104 valence electrons. The molecule has 0 saturated carbocycles. The second-order valence-electron chi connectivity index (χ2n) is 4.61. The van der Waals surface area contributed by atoms with Crippen molar-refractivity contribution in [1.82, 2.24) is 14.7 Å². The Morgan fingerprint density at radius 1 is 1.63 bits per heavy atom. The average molecular weight is 287 g/mol. The molecule has 2 N–H and O–H groups in total. The summed E-state index contributed by atoms with van der Waals surface area (Å²) in [5.41, 5.74) is 4.15. The average Bonchev–Trinajstić information content (AvgIpc) is 2.74. The molecule has 1 aliphatic rings. The Labute approximate surface area is 115 Å². The number of aromatic nitrogens is 2. The van der Waals surface area contributed by atoms with Crippen LogP contribution in [0, 0.1) is 0 Å². The summed E-state index contributed by atoms with van der Waals surface area (Å²) in [6, 6.07) is 0. The van der Waals surface area contributed by atoms with Crippen molar-refractivity contribution in [2.75, 3.05) is 19.7 Å². The smallest absolute Gasteiger partial charge is 0.251 e. The molecule has 19 heavy (non-hydrogen) atoms. The van der Waals surface area contributed by atoms with Gasteiger partial charge in [0.2, 0.25) is 5.91 Å². The van der Waals surface area contributed by atoms with E-state index in [1.807, 2.05) is 0 Å². The Morgan fingerprint density at radius 2 is 2.37 bits per heavy atom. The van der Waals surface area contributed by atoms with Crippen molar-refractivity contribution in [2.24, 2.45) is 5.73 Å². The van der Waals surface area contributed by atoms with Crippen LogP contribution >= 0.6 is 11.6 Å². The number of amides is 2. The van der Waals surface area contributed by atoms with Crippen LogP contribution in [0.25, 0.3) is 0 Å². The zero-order valence-electron chi connectivity index (χ0n) is 10.5. The number of hydrogen-bond acceptors (Lipinski definition) is 4. The maximum absolute atomic E-state index is 12.1. The molecule has 1 unspecified atom stereocenters. The van der Waals surface area contributed by atoms with E-state index in [2.05, 4.69) is 5.10 Å². The maximum atomic E-state index is 12.1. The minimum Gasteiger partial charge on any atom is -0.367 e. The van der Waals surface area contributed by atoms with E-state index in [0.717, 1.165) is 0 Å². The van der Waals surface area contributed by atoms with Crippen LogP contribution in [-0.2, 0) is 20.9 Å². The number of nitrogens with zero attached hydrogens (tertiary/aromatic N) is 3. The van der Waals surface area contributed by atoms with Gasteiger partial charge in [0, 0.05) is 12.7 Å². The lowest BCUT2D eigenvalue weighted by molar-refractivity contribution is -0.160. The Kier molecular flexibility index (Phi) is 3.77. The maximum Gasteiger partial charge on any atom is 0.251 e. The molecule has 0 bridgehead atoms. The third-order valence-corrected chi connectivity index (χ3v) is 3.24. The Hall–Kier alpha value is -1.60. The standard InChI is InChI=1S/C11H15ClN4O3/c1-11(10(13)18)7-15(2-3-19-11)9(17)6-16-5-8(12)4-14-16/h4-5H,2-3,6-7H2,1H3,(H2,13,18). The molecule has 2 heterocycles. The van der Waals surface area contributed by atoms with E-state index in [9.17, 15) is 9.59 Å². The summed E-state index contributed by atoms with van der Waals surface area (Å²) >= 11 is 5.73. The number of carbonyl (C=O) groups excluding carboxylic acids is 2. The predicted octanol–water partition coefficient (Wildman–Crippen LogP) is -0.361. The van der Waals surface area contributed by atoms with E-state index in [0.29, 0.717) is 11.6 Å². The fourth-order valence-corrected chi connectivity index (χ4v) is 2.05. The molecule has 2 rings (SSSR count). The molecule has 1 aromatic rings. The molecule has 0 aliphatic carbocycles. The molecule has 1 aliphatic heterocycles. The molecule has 8 heteroatoms. The predicted molar refractivity (Wildman–Crippen MR) is 67.4 cm³/mol. The highest BCUT2D eigenvalue weighted by atomic mass is 35.5. The van der Waals surface area contributed by atoms with Crippen molar-refractivity contribution in [3.05, 3.63) is 17.4 Å². The summed E-state index contributed by atoms with van der Waals surface area (Å²) in [6.07, 6.45) is 3.02. The topological polar surface area (TPSA) is 90.5 Å². The first kappa shape index (κ1) is 13.8. The van der Waals surface area contributed by atoms with Gasteiger partial charge in [-0.15, -0.1) is 0 Å². The number of rotatable bonds is 3. The molecule has 7 nitrogen and oxygen atoms in total. The molecule has 1 aromatic heterocycles. The van der Waals surface area contributed by atoms with Crippen LogP contribution in [0.2, 0.25) is 5.02 Å². The van der Waals surface area contributed by atoms with Crippen LogP contribution in [0.1, 0.15) is 6.92 Å². The quantitative estimate of drug-likeness (QED) is 0.821. The number of primary amides is 1. The van der Waals surface area contributed by atoms with Crippen molar-refractivity contribution in [1.29, 1.82) is 0 Å². The van der Waals surface area contributed by atoms with Crippen molar-refractivity contribution in [3.63, 3.8) is 0 Å². The first-order valence-corrected chi connectivity index (χ1v) is 6.18. The Morgan fingerprint density at radius 3 is 2.95 bits per heavy atom. The first-order chi connectivity index (χ1) is 8.90. The molecule has 1 fully saturated rings. The second-order valence-corrected chi connectivity index (χ2v) is 5.05. The summed E-state index contributed by atoms with van der Waals surface area (Å²) in [7, 11) is 0. The highest BCUT2D eigenvalue weighted by Crippen LogP contribution is 2.17. The molecule has 1 atom stereocenters. The summed E-state index contributed by atoms with van der Waals surface area (Å²) < 4.78 is 6.80. The SMILES string of the molecule is CC1(C(N)=O)CN(C(=O)Cn2cc(Cl)cn2)CCO1. The van der Waals surface area contributed by atoms with Gasteiger partial charge in [0.05, 0.1) is 24.4 Å². The summed E-state index contributed by atoms with van der Waals surface area (Å²) in [5, 5.41) is 4.41. The van der Waals surface area contributed by atoms with E-state index in [4.69, 9.17) is 22.1 Å². The van der Waals surface area contributed by atoms with E-state index >= 15 is 0 Å². The lowest BCUT2D eigenvalue weighted by Crippen LogP contribution is -2.58. The number of nitrogens with two attached hydrogens (primary N) is 1. The van der Waals surface area contributed by atoms with Crippen LogP contribution in [-0.4, -0.2) is 51.8 Å². The van der Waals surface area contributed by atoms with Crippen molar-refractivity contribution < 1.29 is 14.3 Å². The second kappa shape index (κ2) is 5.18. The van der Waals surface area contributed by atoms with Gasteiger partial charge in [0.25, 0.3) is 5.91 Å². The van der Waals surface area contributed by atoms with Gasteiger partial charge in [0.1, 0.15) is 6.54 Å². The van der Waals surface area contributed by atoms with Crippen molar-refractivity contribution in [2.45, 2.75) is 19.1 Å². The van der Waals surface area contributed by atoms with Gasteiger partial charge in [-0.3, -0.25) is 14.3 Å². The number of halogens is 1. The van der Waals surface area contributed by atoms with E-state index in [-0.39, 0.29) is 25.6 Å². The number of ether oxygens (including phenoxy) is 1. The molecule has 1 saturated heterocycles. The van der Waals surface area contributed by atoms with Gasteiger partial charge in [-0.1, -0.05) is 11.6 Å². The molecule has 0 radical (unpaired) electrons. The third kappa shape index (κ3) is 3.05. The molecular formula is C11H15ClN4O3. The van der Waals surface area contributed by atoms with E-state index in [1.54, 1.807) is 18.0 Å². The van der Waals surface area contributed by atoms with E-state index in [1.165, 1.54) is 10.9 Å².